The molecule has 140 valence electrons. The highest BCUT2D eigenvalue weighted by Crippen LogP contribution is 2.33. The molecule has 3 aromatic rings. The minimum Gasteiger partial charge on any atom is -0.352 e. The molecule has 0 amide bonds. The molecule has 4 rings (SSSR count). The lowest BCUT2D eigenvalue weighted by Gasteiger charge is -2.25. The van der Waals surface area contributed by atoms with E-state index in [4.69, 9.17) is 4.74 Å². The molecule has 1 unspecified atom stereocenters. The summed E-state index contributed by atoms with van der Waals surface area (Å²) in [6, 6.07) is 15.3. The van der Waals surface area contributed by atoms with Gasteiger partial charge in [0.15, 0.2) is 6.23 Å². The Kier molecular flexibility index (Phi) is 4.44. The first-order valence-corrected chi connectivity index (χ1v) is 8.72. The van der Waals surface area contributed by atoms with E-state index in [2.05, 4.69) is 30.0 Å². The third kappa shape index (κ3) is 3.57. The Morgan fingerprint density at radius 3 is 2.48 bits per heavy atom. The lowest BCUT2D eigenvalue weighted by atomic mass is 10.2. The van der Waals surface area contributed by atoms with E-state index in [-0.39, 0.29) is 6.23 Å². The van der Waals surface area contributed by atoms with Gasteiger partial charge in [-0.25, -0.2) is 0 Å². The SMILES string of the molecule is Cc1cccc(N2CCOC2c2ccn(-c3ccc(C(F)(F)F)cc3)c2)c1. The summed E-state index contributed by atoms with van der Waals surface area (Å²) in [6.07, 6.45) is -0.788. The Bertz CT molecular complexity index is 931. The molecule has 1 atom stereocenters. The smallest absolute Gasteiger partial charge is 0.352 e. The molecular weight excluding hydrogens is 353 g/mol. The van der Waals surface area contributed by atoms with Crippen LogP contribution in [-0.2, 0) is 10.9 Å². The number of hydrogen-bond donors (Lipinski definition) is 0. The van der Waals surface area contributed by atoms with Gasteiger partial charge in [-0.05, 0) is 55.0 Å². The van der Waals surface area contributed by atoms with Crippen molar-refractivity contribution in [1.29, 1.82) is 0 Å². The number of alkyl halides is 3. The van der Waals surface area contributed by atoms with Gasteiger partial charge in [-0.2, -0.15) is 13.2 Å². The van der Waals surface area contributed by atoms with Crippen LogP contribution >= 0.6 is 0 Å². The predicted octanol–water partition coefficient (Wildman–Crippen LogP) is 5.34. The Morgan fingerprint density at radius 1 is 1.00 bits per heavy atom. The van der Waals surface area contributed by atoms with E-state index in [1.165, 1.54) is 17.7 Å². The normalized spacial score (nSPS) is 17.5. The zero-order chi connectivity index (χ0) is 19.0. The molecule has 0 saturated carbocycles. The highest BCUT2D eigenvalue weighted by atomic mass is 19.4. The molecule has 1 fully saturated rings. The molecule has 27 heavy (non-hydrogen) atoms. The van der Waals surface area contributed by atoms with Crippen molar-refractivity contribution in [3.05, 3.63) is 83.7 Å². The highest BCUT2D eigenvalue weighted by Gasteiger charge is 2.30. The molecule has 0 radical (unpaired) electrons. The molecule has 0 spiro atoms. The third-order valence-electron chi connectivity index (χ3n) is 4.72. The van der Waals surface area contributed by atoms with E-state index in [1.54, 1.807) is 0 Å². The quantitative estimate of drug-likeness (QED) is 0.617. The number of ether oxygens (including phenoxy) is 1. The van der Waals surface area contributed by atoms with E-state index in [0.29, 0.717) is 12.3 Å². The second-order valence-electron chi connectivity index (χ2n) is 6.65. The van der Waals surface area contributed by atoms with Crippen molar-refractivity contribution < 1.29 is 17.9 Å². The Labute approximate surface area is 155 Å². The van der Waals surface area contributed by atoms with Gasteiger partial charge in [0.1, 0.15) is 0 Å². The Hall–Kier alpha value is -2.73. The number of halogens is 3. The fourth-order valence-corrected chi connectivity index (χ4v) is 3.36. The predicted molar refractivity (Wildman–Crippen MR) is 98.0 cm³/mol. The van der Waals surface area contributed by atoms with Gasteiger partial charge in [-0.1, -0.05) is 12.1 Å². The first-order chi connectivity index (χ1) is 12.9. The van der Waals surface area contributed by atoms with Crippen LogP contribution < -0.4 is 4.90 Å². The lowest BCUT2D eigenvalue weighted by Crippen LogP contribution is -2.23. The number of nitrogens with zero attached hydrogens (tertiary/aromatic N) is 2. The van der Waals surface area contributed by atoms with Gasteiger partial charge in [-0.15, -0.1) is 0 Å². The summed E-state index contributed by atoms with van der Waals surface area (Å²) in [5.74, 6) is 0. The van der Waals surface area contributed by atoms with Crippen molar-refractivity contribution in [2.24, 2.45) is 0 Å². The van der Waals surface area contributed by atoms with Gasteiger partial charge in [0.25, 0.3) is 0 Å². The van der Waals surface area contributed by atoms with Crippen LogP contribution in [-0.4, -0.2) is 17.7 Å². The zero-order valence-electron chi connectivity index (χ0n) is 14.8. The van der Waals surface area contributed by atoms with Crippen molar-refractivity contribution in [3.63, 3.8) is 0 Å². The van der Waals surface area contributed by atoms with Crippen LogP contribution in [0.3, 0.4) is 0 Å². The fraction of sp³-hybridized carbons (Fsp3) is 0.238. The summed E-state index contributed by atoms with van der Waals surface area (Å²) in [6.45, 7) is 3.47. The molecule has 0 N–H and O–H groups in total. The highest BCUT2D eigenvalue weighted by molar-refractivity contribution is 5.51. The van der Waals surface area contributed by atoms with E-state index in [9.17, 15) is 13.2 Å². The van der Waals surface area contributed by atoms with E-state index >= 15 is 0 Å². The van der Waals surface area contributed by atoms with Gasteiger partial charge in [0.2, 0.25) is 0 Å². The minimum atomic E-state index is -4.33. The second kappa shape index (κ2) is 6.78. The zero-order valence-corrected chi connectivity index (χ0v) is 14.8. The second-order valence-corrected chi connectivity index (χ2v) is 6.65. The maximum atomic E-state index is 12.7. The maximum Gasteiger partial charge on any atom is 0.416 e. The summed E-state index contributed by atoms with van der Waals surface area (Å²) in [7, 11) is 0. The number of benzene rings is 2. The van der Waals surface area contributed by atoms with Crippen LogP contribution in [0.2, 0.25) is 0 Å². The van der Waals surface area contributed by atoms with E-state index < -0.39 is 11.7 Å². The summed E-state index contributed by atoms with van der Waals surface area (Å²) in [4.78, 5) is 2.19. The molecule has 3 nitrogen and oxygen atoms in total. The molecule has 2 aromatic carbocycles. The van der Waals surface area contributed by atoms with Crippen molar-refractivity contribution >= 4 is 5.69 Å². The lowest BCUT2D eigenvalue weighted by molar-refractivity contribution is -0.137. The molecule has 0 bridgehead atoms. The van der Waals surface area contributed by atoms with Crippen molar-refractivity contribution in [3.8, 4) is 5.69 Å². The monoisotopic (exact) mass is 372 g/mol. The summed E-state index contributed by atoms with van der Waals surface area (Å²) in [5.41, 5.74) is 3.27. The molecule has 1 aliphatic rings. The van der Waals surface area contributed by atoms with Gasteiger partial charge in [0.05, 0.1) is 12.2 Å². The average Bonchev–Trinajstić information content (AvgIpc) is 3.30. The molecule has 1 aliphatic heterocycles. The van der Waals surface area contributed by atoms with Crippen LogP contribution in [0.4, 0.5) is 18.9 Å². The van der Waals surface area contributed by atoms with Crippen LogP contribution in [0.1, 0.15) is 22.9 Å². The first kappa shape index (κ1) is 17.7. The standard InChI is InChI=1S/C21H19F3N2O/c1-15-3-2-4-19(13-15)26-11-12-27-20(26)16-9-10-25(14-16)18-7-5-17(6-8-18)21(22,23)24/h2-10,13-14,20H,11-12H2,1H3. The number of aryl methyl sites for hydroxylation is 1. The van der Waals surface area contributed by atoms with Crippen molar-refractivity contribution in [2.75, 3.05) is 18.1 Å². The Morgan fingerprint density at radius 2 is 1.78 bits per heavy atom. The summed E-state index contributed by atoms with van der Waals surface area (Å²) < 4.78 is 45.9. The van der Waals surface area contributed by atoms with Gasteiger partial charge < -0.3 is 14.2 Å². The number of hydrogen-bond acceptors (Lipinski definition) is 2. The summed E-state index contributed by atoms with van der Waals surface area (Å²) in [5, 5.41) is 0. The number of aromatic nitrogens is 1. The van der Waals surface area contributed by atoms with Crippen LogP contribution in [0.15, 0.2) is 67.0 Å². The van der Waals surface area contributed by atoms with Crippen LogP contribution in [0.25, 0.3) is 5.69 Å². The molecule has 1 saturated heterocycles. The fourth-order valence-electron chi connectivity index (χ4n) is 3.36. The topological polar surface area (TPSA) is 17.4 Å². The van der Waals surface area contributed by atoms with E-state index in [0.717, 1.165) is 29.9 Å². The van der Waals surface area contributed by atoms with Gasteiger partial charge in [-0.3, -0.25) is 0 Å². The molecule has 2 heterocycles. The minimum absolute atomic E-state index is 0.206. The number of rotatable bonds is 3. The van der Waals surface area contributed by atoms with Crippen LogP contribution in [0.5, 0.6) is 0 Å². The van der Waals surface area contributed by atoms with Crippen LogP contribution in [0, 0.1) is 6.92 Å². The first-order valence-electron chi connectivity index (χ1n) is 8.72. The average molecular weight is 372 g/mol. The molecule has 6 heteroatoms. The van der Waals surface area contributed by atoms with Gasteiger partial charge >= 0.3 is 6.18 Å². The third-order valence-corrected chi connectivity index (χ3v) is 4.72. The van der Waals surface area contributed by atoms with Gasteiger partial charge in [0, 0.05) is 35.9 Å². The summed E-state index contributed by atoms with van der Waals surface area (Å²) >= 11 is 0. The van der Waals surface area contributed by atoms with Crippen molar-refractivity contribution in [2.45, 2.75) is 19.3 Å². The van der Waals surface area contributed by atoms with Crippen molar-refractivity contribution in [1.82, 2.24) is 4.57 Å². The largest absolute Gasteiger partial charge is 0.416 e. The van der Waals surface area contributed by atoms with E-state index in [1.807, 2.05) is 29.1 Å². The Balaban J connectivity index is 1.58. The molecule has 0 aliphatic carbocycles. The maximum absolute atomic E-state index is 12.7. The molecular formula is C21H19F3N2O. The molecule has 1 aromatic heterocycles. The number of anilines is 1.